The minimum Gasteiger partial charge on any atom is -0.497 e. The van der Waals surface area contributed by atoms with Crippen LogP contribution in [0.5, 0.6) is 5.75 Å². The number of aromatic nitrogens is 3. The van der Waals surface area contributed by atoms with Crippen molar-refractivity contribution in [1.82, 2.24) is 19.9 Å². The second kappa shape index (κ2) is 6.88. The number of carboxylic acids is 1. The Bertz CT molecular complexity index is 975. The molecule has 1 aromatic carbocycles. The molecule has 140 valence electrons. The van der Waals surface area contributed by atoms with Crippen LogP contribution in [-0.4, -0.2) is 45.4 Å². The largest absolute Gasteiger partial charge is 0.497 e. The Morgan fingerprint density at radius 1 is 1.33 bits per heavy atom. The van der Waals surface area contributed by atoms with E-state index in [9.17, 15) is 4.79 Å². The van der Waals surface area contributed by atoms with E-state index < -0.39 is 12.0 Å². The van der Waals surface area contributed by atoms with Crippen LogP contribution in [0.4, 0.5) is 5.82 Å². The lowest BCUT2D eigenvalue weighted by atomic mass is 9.92. The van der Waals surface area contributed by atoms with Gasteiger partial charge in [0.1, 0.15) is 17.6 Å². The molecule has 0 radical (unpaired) electrons. The molecule has 4 N–H and O–H groups in total. The highest BCUT2D eigenvalue weighted by Gasteiger charge is 2.27. The minimum absolute atomic E-state index is 0.117. The molecule has 27 heavy (non-hydrogen) atoms. The van der Waals surface area contributed by atoms with Gasteiger partial charge in [-0.2, -0.15) is 9.61 Å². The molecule has 0 bridgehead atoms. The number of rotatable bonds is 4. The van der Waals surface area contributed by atoms with Crippen molar-refractivity contribution in [3.8, 4) is 16.9 Å². The molecule has 0 spiro atoms. The normalized spacial score (nSPS) is 19.9. The third kappa shape index (κ3) is 3.19. The predicted molar refractivity (Wildman–Crippen MR) is 101 cm³/mol. The summed E-state index contributed by atoms with van der Waals surface area (Å²) in [6, 6.07) is 9.03. The molecule has 0 saturated carbocycles. The molecule has 1 aliphatic rings. The number of nitrogens with zero attached hydrogens (tertiary/aromatic N) is 3. The van der Waals surface area contributed by atoms with Crippen molar-refractivity contribution < 1.29 is 14.6 Å². The van der Waals surface area contributed by atoms with Gasteiger partial charge in [-0.3, -0.25) is 4.79 Å². The molecule has 8 heteroatoms. The Morgan fingerprint density at radius 3 is 2.74 bits per heavy atom. The number of methoxy groups -OCH3 is 1. The lowest BCUT2D eigenvalue weighted by Crippen LogP contribution is -2.43. The zero-order chi connectivity index (χ0) is 19.0. The van der Waals surface area contributed by atoms with Crippen LogP contribution in [0.3, 0.4) is 0 Å². The lowest BCUT2D eigenvalue weighted by molar-refractivity contribution is -0.140. The predicted octanol–water partition coefficient (Wildman–Crippen LogP) is 1.91. The van der Waals surface area contributed by atoms with Gasteiger partial charge in [0.2, 0.25) is 0 Å². The molecule has 3 aromatic rings. The van der Waals surface area contributed by atoms with Gasteiger partial charge in [0.15, 0.2) is 5.65 Å². The molecule has 8 nitrogen and oxygen atoms in total. The highest BCUT2D eigenvalue weighted by molar-refractivity contribution is 5.78. The molecule has 4 rings (SSSR count). The zero-order valence-electron chi connectivity index (χ0n) is 14.9. The Hall–Kier alpha value is -3.13. The number of hydrogen-bond donors (Lipinski definition) is 3. The first-order valence-electron chi connectivity index (χ1n) is 8.81. The number of piperidine rings is 1. The van der Waals surface area contributed by atoms with Crippen molar-refractivity contribution in [2.24, 2.45) is 0 Å². The lowest BCUT2D eigenvalue weighted by Gasteiger charge is -2.27. The molecule has 1 aliphatic heterocycles. The van der Waals surface area contributed by atoms with E-state index >= 15 is 0 Å². The van der Waals surface area contributed by atoms with Gasteiger partial charge in [-0.05, 0) is 30.5 Å². The number of anilines is 1. The zero-order valence-corrected chi connectivity index (χ0v) is 14.9. The Balaban J connectivity index is 1.69. The van der Waals surface area contributed by atoms with E-state index in [2.05, 4.69) is 10.4 Å². The van der Waals surface area contributed by atoms with Crippen LogP contribution in [0, 0.1) is 0 Å². The highest BCUT2D eigenvalue weighted by atomic mass is 16.5. The van der Waals surface area contributed by atoms with E-state index in [4.69, 9.17) is 20.6 Å². The fourth-order valence-corrected chi connectivity index (χ4v) is 3.51. The van der Waals surface area contributed by atoms with Gasteiger partial charge in [0, 0.05) is 24.1 Å². The van der Waals surface area contributed by atoms with Gasteiger partial charge in [0.05, 0.1) is 19.0 Å². The average molecular weight is 367 g/mol. The van der Waals surface area contributed by atoms with Crippen molar-refractivity contribution >= 4 is 17.4 Å². The first-order valence-corrected chi connectivity index (χ1v) is 8.81. The highest BCUT2D eigenvalue weighted by Crippen LogP contribution is 2.30. The SMILES string of the molecule is COc1ccc(-c2cnn3c(N)cc(C4CCC(C(=O)O)NC4)nc23)cc1. The number of aliphatic carboxylic acids is 1. The second-order valence-corrected chi connectivity index (χ2v) is 6.70. The van der Waals surface area contributed by atoms with Gasteiger partial charge in [-0.25, -0.2) is 4.98 Å². The van der Waals surface area contributed by atoms with Crippen LogP contribution in [0.2, 0.25) is 0 Å². The monoisotopic (exact) mass is 367 g/mol. The summed E-state index contributed by atoms with van der Waals surface area (Å²) in [6.07, 6.45) is 3.07. The van der Waals surface area contributed by atoms with Crippen molar-refractivity contribution in [3.05, 3.63) is 42.2 Å². The van der Waals surface area contributed by atoms with Crippen LogP contribution in [0.1, 0.15) is 24.5 Å². The standard InChI is InChI=1S/C19H21N5O3/c1-27-13-5-2-11(3-6-13)14-10-22-24-17(20)8-16(23-18(14)24)12-4-7-15(19(25)26)21-9-12/h2-3,5-6,8,10,12,15,21H,4,7,9,20H2,1H3,(H,25,26). The second-order valence-electron chi connectivity index (χ2n) is 6.70. The summed E-state index contributed by atoms with van der Waals surface area (Å²) in [5.74, 6) is 0.597. The molecular weight excluding hydrogens is 346 g/mol. The third-order valence-electron chi connectivity index (χ3n) is 5.05. The van der Waals surface area contributed by atoms with Crippen molar-refractivity contribution in [1.29, 1.82) is 0 Å². The Kier molecular flexibility index (Phi) is 4.41. The molecule has 3 heterocycles. The smallest absolute Gasteiger partial charge is 0.320 e. The van der Waals surface area contributed by atoms with E-state index in [-0.39, 0.29) is 5.92 Å². The van der Waals surface area contributed by atoms with E-state index in [0.29, 0.717) is 24.4 Å². The number of nitrogens with one attached hydrogen (secondary N) is 1. The molecular formula is C19H21N5O3. The van der Waals surface area contributed by atoms with Crippen LogP contribution in [0.15, 0.2) is 36.5 Å². The maximum Gasteiger partial charge on any atom is 0.320 e. The van der Waals surface area contributed by atoms with Gasteiger partial charge in [0.25, 0.3) is 0 Å². The molecule has 1 saturated heterocycles. The summed E-state index contributed by atoms with van der Waals surface area (Å²) in [6.45, 7) is 0.561. The first kappa shape index (κ1) is 17.3. The molecule has 0 amide bonds. The molecule has 1 fully saturated rings. The Labute approximate surface area is 156 Å². The average Bonchev–Trinajstić information content (AvgIpc) is 3.12. The number of nitrogen functional groups attached to an aromatic ring is 1. The van der Waals surface area contributed by atoms with E-state index in [1.807, 2.05) is 30.3 Å². The molecule has 2 unspecified atom stereocenters. The summed E-state index contributed by atoms with van der Waals surface area (Å²) < 4.78 is 6.84. The fraction of sp³-hybridized carbons (Fsp3) is 0.316. The number of carbonyl (C=O) groups is 1. The first-order chi connectivity index (χ1) is 13.1. The number of ether oxygens (including phenoxy) is 1. The van der Waals surface area contributed by atoms with Crippen LogP contribution >= 0.6 is 0 Å². The van der Waals surface area contributed by atoms with Gasteiger partial charge in [-0.1, -0.05) is 12.1 Å². The van der Waals surface area contributed by atoms with Gasteiger partial charge < -0.3 is 20.9 Å². The van der Waals surface area contributed by atoms with Gasteiger partial charge in [-0.15, -0.1) is 0 Å². The van der Waals surface area contributed by atoms with Crippen molar-refractivity contribution in [2.45, 2.75) is 24.8 Å². The minimum atomic E-state index is -0.811. The summed E-state index contributed by atoms with van der Waals surface area (Å²) in [5, 5.41) is 16.6. The molecule has 2 aromatic heterocycles. The number of nitrogens with two attached hydrogens (primary N) is 1. The Morgan fingerprint density at radius 2 is 2.11 bits per heavy atom. The maximum atomic E-state index is 11.1. The fourth-order valence-electron chi connectivity index (χ4n) is 3.51. The number of fused-ring (bicyclic) bond motifs is 1. The molecule has 0 aliphatic carbocycles. The number of carboxylic acid groups (broad SMARTS) is 1. The van der Waals surface area contributed by atoms with Gasteiger partial charge >= 0.3 is 5.97 Å². The summed E-state index contributed by atoms with van der Waals surface area (Å²) >= 11 is 0. The van der Waals surface area contributed by atoms with Crippen molar-refractivity contribution in [3.63, 3.8) is 0 Å². The molecule has 2 atom stereocenters. The third-order valence-corrected chi connectivity index (χ3v) is 5.05. The summed E-state index contributed by atoms with van der Waals surface area (Å²) in [5.41, 5.74) is 9.61. The van der Waals surface area contributed by atoms with E-state index in [0.717, 1.165) is 29.0 Å². The summed E-state index contributed by atoms with van der Waals surface area (Å²) in [4.78, 5) is 15.9. The van der Waals surface area contributed by atoms with Crippen LogP contribution in [-0.2, 0) is 4.79 Å². The number of benzene rings is 1. The topological polar surface area (TPSA) is 115 Å². The van der Waals surface area contributed by atoms with Crippen LogP contribution in [0.25, 0.3) is 16.8 Å². The summed E-state index contributed by atoms with van der Waals surface area (Å²) in [7, 11) is 1.63. The number of hydrogen-bond acceptors (Lipinski definition) is 6. The van der Waals surface area contributed by atoms with E-state index in [1.165, 1.54) is 0 Å². The van der Waals surface area contributed by atoms with Crippen molar-refractivity contribution in [2.75, 3.05) is 19.4 Å². The maximum absolute atomic E-state index is 11.1. The van der Waals surface area contributed by atoms with E-state index in [1.54, 1.807) is 17.8 Å². The quantitative estimate of drug-likeness (QED) is 0.645. The van der Waals surface area contributed by atoms with Crippen LogP contribution < -0.4 is 15.8 Å².